The lowest BCUT2D eigenvalue weighted by Crippen LogP contribution is -2.45. The van der Waals surface area contributed by atoms with Crippen LogP contribution in [-0.4, -0.2) is 42.9 Å². The summed E-state index contributed by atoms with van der Waals surface area (Å²) >= 11 is 0. The summed E-state index contributed by atoms with van der Waals surface area (Å²) < 4.78 is 0. The number of nitrogens with one attached hydrogen (secondary N) is 2. The van der Waals surface area contributed by atoms with Gasteiger partial charge in [-0.3, -0.25) is 4.79 Å². The van der Waals surface area contributed by atoms with Gasteiger partial charge in [0, 0.05) is 30.9 Å². The van der Waals surface area contributed by atoms with E-state index in [1.807, 2.05) is 25.1 Å². The van der Waals surface area contributed by atoms with E-state index in [4.69, 9.17) is 6.42 Å². The second-order valence-corrected chi connectivity index (χ2v) is 6.11. The lowest BCUT2D eigenvalue weighted by molar-refractivity contribution is -0.114. The van der Waals surface area contributed by atoms with Crippen molar-refractivity contribution in [2.24, 2.45) is 10.9 Å². The molecule has 1 aliphatic rings. The molecule has 0 spiro atoms. The molecule has 1 aromatic rings. The van der Waals surface area contributed by atoms with Crippen molar-refractivity contribution >= 4 is 41.5 Å². The fourth-order valence-corrected chi connectivity index (χ4v) is 2.68. The van der Waals surface area contributed by atoms with Gasteiger partial charge in [-0.05, 0) is 43.9 Å². The van der Waals surface area contributed by atoms with Gasteiger partial charge >= 0.3 is 0 Å². The fourth-order valence-electron chi connectivity index (χ4n) is 2.68. The number of piperidine rings is 1. The molecule has 25 heavy (non-hydrogen) atoms. The summed E-state index contributed by atoms with van der Waals surface area (Å²) in [5, 5.41) is 6.11. The van der Waals surface area contributed by atoms with Gasteiger partial charge in [0.15, 0.2) is 5.96 Å². The molecule has 1 saturated heterocycles. The highest BCUT2D eigenvalue weighted by Crippen LogP contribution is 2.16. The summed E-state index contributed by atoms with van der Waals surface area (Å²) in [6, 6.07) is 7.25. The largest absolute Gasteiger partial charge is 0.357 e. The molecule has 0 saturated carbocycles. The van der Waals surface area contributed by atoms with Crippen LogP contribution in [0.3, 0.4) is 0 Å². The summed E-state index contributed by atoms with van der Waals surface area (Å²) in [6.07, 6.45) is 7.70. The Hall–Kier alpha value is -1.75. The van der Waals surface area contributed by atoms with Crippen molar-refractivity contribution < 1.29 is 4.79 Å². The van der Waals surface area contributed by atoms with Gasteiger partial charge in [0.1, 0.15) is 6.54 Å². The molecule has 1 aliphatic heterocycles. The first-order chi connectivity index (χ1) is 11.6. The highest BCUT2D eigenvalue weighted by molar-refractivity contribution is 14.0. The second-order valence-electron chi connectivity index (χ2n) is 6.11. The Morgan fingerprint density at radius 1 is 1.40 bits per heavy atom. The molecule has 0 aromatic heterocycles. The molecule has 0 atom stereocenters. The number of carbonyl (C=O) groups is 1. The molecule has 5 nitrogen and oxygen atoms in total. The summed E-state index contributed by atoms with van der Waals surface area (Å²) in [4.78, 5) is 18.9. The minimum atomic E-state index is -0.148. The number of benzene rings is 1. The molecular weight excluding hydrogens is 427 g/mol. The summed E-state index contributed by atoms with van der Waals surface area (Å²) in [7, 11) is 0. The molecule has 0 bridgehead atoms. The molecule has 0 radical (unpaired) electrons. The van der Waals surface area contributed by atoms with E-state index in [9.17, 15) is 4.79 Å². The quantitative estimate of drug-likeness (QED) is 0.319. The number of amides is 1. The van der Waals surface area contributed by atoms with Gasteiger partial charge in [-0.1, -0.05) is 18.9 Å². The first-order valence-electron chi connectivity index (χ1n) is 8.52. The Morgan fingerprint density at radius 2 is 2.12 bits per heavy atom. The van der Waals surface area contributed by atoms with E-state index in [0.29, 0.717) is 5.69 Å². The van der Waals surface area contributed by atoms with E-state index in [0.717, 1.165) is 49.9 Å². The van der Waals surface area contributed by atoms with E-state index in [2.05, 4.69) is 33.4 Å². The maximum Gasteiger partial charge on any atom is 0.246 e. The Labute approximate surface area is 167 Å². The molecule has 1 fully saturated rings. The minimum Gasteiger partial charge on any atom is -0.357 e. The lowest BCUT2D eigenvalue weighted by Gasteiger charge is -2.32. The van der Waals surface area contributed by atoms with Crippen LogP contribution in [-0.2, 0) is 4.79 Å². The maximum atomic E-state index is 12.1. The number of rotatable bonds is 4. The highest BCUT2D eigenvalue weighted by Gasteiger charge is 2.18. The van der Waals surface area contributed by atoms with E-state index >= 15 is 0 Å². The average molecular weight is 454 g/mol. The number of halogens is 1. The van der Waals surface area contributed by atoms with Crippen molar-refractivity contribution in [3.05, 3.63) is 29.8 Å². The van der Waals surface area contributed by atoms with E-state index in [1.165, 1.54) is 0 Å². The van der Waals surface area contributed by atoms with Crippen molar-refractivity contribution in [1.82, 2.24) is 10.2 Å². The van der Waals surface area contributed by atoms with E-state index in [-0.39, 0.29) is 36.4 Å². The average Bonchev–Trinajstić information content (AvgIpc) is 2.59. The van der Waals surface area contributed by atoms with Crippen molar-refractivity contribution in [3.8, 4) is 12.3 Å². The normalized spacial score (nSPS) is 15.1. The van der Waals surface area contributed by atoms with Crippen LogP contribution < -0.4 is 10.6 Å². The predicted octanol–water partition coefficient (Wildman–Crippen LogP) is 2.92. The maximum absolute atomic E-state index is 12.1. The zero-order valence-electron chi connectivity index (χ0n) is 14.9. The topological polar surface area (TPSA) is 56.7 Å². The van der Waals surface area contributed by atoms with Crippen LogP contribution in [0, 0.1) is 18.3 Å². The minimum absolute atomic E-state index is 0. The number of anilines is 1. The van der Waals surface area contributed by atoms with Crippen LogP contribution >= 0.6 is 24.0 Å². The lowest BCUT2D eigenvalue weighted by atomic mass is 10.00. The Kier molecular flexibility index (Phi) is 9.35. The SMILES string of the molecule is C#Cc1cccc(NC(=O)CN=C(NCC)N2CCC(C)CC2)c1.I. The van der Waals surface area contributed by atoms with Crippen molar-refractivity contribution in [2.75, 3.05) is 31.5 Å². The molecule has 0 unspecified atom stereocenters. The molecule has 2 N–H and O–H groups in total. The van der Waals surface area contributed by atoms with Crippen molar-refractivity contribution in [2.45, 2.75) is 26.7 Å². The van der Waals surface area contributed by atoms with E-state index in [1.54, 1.807) is 6.07 Å². The van der Waals surface area contributed by atoms with Gasteiger partial charge in [-0.2, -0.15) is 0 Å². The molecule has 6 heteroatoms. The van der Waals surface area contributed by atoms with Gasteiger partial charge in [-0.15, -0.1) is 30.4 Å². The molecule has 1 heterocycles. The zero-order valence-corrected chi connectivity index (χ0v) is 17.2. The first-order valence-corrected chi connectivity index (χ1v) is 8.52. The van der Waals surface area contributed by atoms with Gasteiger partial charge in [0.2, 0.25) is 5.91 Å². The van der Waals surface area contributed by atoms with Gasteiger partial charge in [-0.25, -0.2) is 4.99 Å². The summed E-state index contributed by atoms with van der Waals surface area (Å²) in [6.45, 7) is 7.16. The predicted molar refractivity (Wildman–Crippen MR) is 114 cm³/mol. The Balaban J connectivity index is 0.00000312. The number of guanidine groups is 1. The molecular formula is C19H27IN4O. The number of aliphatic imine (C=N–C) groups is 1. The summed E-state index contributed by atoms with van der Waals surface area (Å²) in [5.74, 6) is 3.99. The number of carbonyl (C=O) groups excluding carboxylic acids is 1. The third-order valence-corrected chi connectivity index (χ3v) is 4.10. The van der Waals surface area contributed by atoms with Gasteiger partial charge in [0.25, 0.3) is 0 Å². The van der Waals surface area contributed by atoms with Crippen LogP contribution in [0.1, 0.15) is 32.3 Å². The highest BCUT2D eigenvalue weighted by atomic mass is 127. The van der Waals surface area contributed by atoms with Crippen molar-refractivity contribution in [3.63, 3.8) is 0 Å². The fraction of sp³-hybridized carbons (Fsp3) is 0.474. The molecule has 2 rings (SSSR count). The first kappa shape index (κ1) is 21.3. The number of hydrogen-bond donors (Lipinski definition) is 2. The monoisotopic (exact) mass is 454 g/mol. The molecule has 1 aromatic carbocycles. The van der Waals surface area contributed by atoms with Gasteiger partial charge < -0.3 is 15.5 Å². The van der Waals surface area contributed by atoms with Crippen LogP contribution in [0.2, 0.25) is 0 Å². The number of hydrogen-bond acceptors (Lipinski definition) is 2. The van der Waals surface area contributed by atoms with Gasteiger partial charge in [0.05, 0.1) is 0 Å². The number of nitrogens with zero attached hydrogens (tertiary/aromatic N) is 2. The van der Waals surface area contributed by atoms with Crippen molar-refractivity contribution in [1.29, 1.82) is 0 Å². The Bertz CT molecular complexity index is 631. The summed E-state index contributed by atoms with van der Waals surface area (Å²) in [5.41, 5.74) is 1.44. The third-order valence-electron chi connectivity index (χ3n) is 4.10. The molecule has 136 valence electrons. The standard InChI is InChI=1S/C19H26N4O.HI/c1-4-16-7-6-8-17(13-16)22-18(24)14-21-19(20-5-2)23-11-9-15(3)10-12-23;/h1,6-8,13,15H,5,9-12,14H2,2-3H3,(H,20,21)(H,22,24);1H. The number of terminal acetylenes is 1. The second kappa shape index (κ2) is 11.0. The van der Waals surface area contributed by atoms with Crippen LogP contribution in [0.5, 0.6) is 0 Å². The third kappa shape index (κ3) is 6.94. The van der Waals surface area contributed by atoms with Crippen LogP contribution in [0.15, 0.2) is 29.3 Å². The zero-order chi connectivity index (χ0) is 17.4. The number of likely N-dealkylation sites (tertiary alicyclic amines) is 1. The van der Waals surface area contributed by atoms with Crippen LogP contribution in [0.25, 0.3) is 0 Å². The molecule has 0 aliphatic carbocycles. The van der Waals surface area contributed by atoms with Crippen LogP contribution in [0.4, 0.5) is 5.69 Å². The van der Waals surface area contributed by atoms with E-state index < -0.39 is 0 Å². The smallest absolute Gasteiger partial charge is 0.246 e. The molecule has 1 amide bonds. The Morgan fingerprint density at radius 3 is 2.76 bits per heavy atom.